The van der Waals surface area contributed by atoms with E-state index in [1.807, 2.05) is 0 Å². The lowest BCUT2D eigenvalue weighted by Crippen LogP contribution is -2.25. The van der Waals surface area contributed by atoms with E-state index in [4.69, 9.17) is 0 Å². The van der Waals surface area contributed by atoms with Crippen LogP contribution in [0.5, 0.6) is 0 Å². The van der Waals surface area contributed by atoms with Crippen molar-refractivity contribution in [3.63, 3.8) is 0 Å². The number of hydrogen-bond acceptors (Lipinski definition) is 2. The molecular formula is C18H17F3N2O. The molecule has 3 nitrogen and oxygen atoms in total. The summed E-state index contributed by atoms with van der Waals surface area (Å²) < 4.78 is 41.1. The van der Waals surface area contributed by atoms with Gasteiger partial charge in [0.25, 0.3) is 0 Å². The Balaban J connectivity index is 1.66. The van der Waals surface area contributed by atoms with Gasteiger partial charge in [-0.05, 0) is 48.2 Å². The van der Waals surface area contributed by atoms with Crippen molar-refractivity contribution in [3.8, 4) is 0 Å². The van der Waals surface area contributed by atoms with Gasteiger partial charge >= 0.3 is 0 Å². The minimum Gasteiger partial charge on any atom is -0.324 e. The van der Waals surface area contributed by atoms with E-state index in [1.54, 1.807) is 6.07 Å². The van der Waals surface area contributed by atoms with Crippen molar-refractivity contribution in [2.24, 2.45) is 0 Å². The Kier molecular flexibility index (Phi) is 4.85. The molecule has 0 atom stereocenters. The van der Waals surface area contributed by atoms with Crippen LogP contribution in [0.1, 0.15) is 23.1 Å². The maximum Gasteiger partial charge on any atom is 0.224 e. The van der Waals surface area contributed by atoms with Crippen molar-refractivity contribution >= 4 is 11.6 Å². The smallest absolute Gasteiger partial charge is 0.224 e. The molecule has 0 spiro atoms. The van der Waals surface area contributed by atoms with Crippen molar-refractivity contribution in [2.75, 3.05) is 11.9 Å². The number of benzene rings is 2. The molecule has 1 aliphatic rings. The van der Waals surface area contributed by atoms with Gasteiger partial charge in [0.1, 0.15) is 5.82 Å². The highest BCUT2D eigenvalue weighted by Crippen LogP contribution is 2.24. The first-order valence-electron chi connectivity index (χ1n) is 7.80. The zero-order chi connectivity index (χ0) is 17.1. The van der Waals surface area contributed by atoms with E-state index in [2.05, 4.69) is 10.6 Å². The topological polar surface area (TPSA) is 41.1 Å². The van der Waals surface area contributed by atoms with Gasteiger partial charge in [-0.15, -0.1) is 0 Å². The molecule has 0 fully saturated rings. The highest BCUT2D eigenvalue weighted by Gasteiger charge is 2.17. The maximum atomic E-state index is 14.4. The first kappa shape index (κ1) is 16.5. The van der Waals surface area contributed by atoms with Crippen LogP contribution in [-0.2, 0) is 24.2 Å². The van der Waals surface area contributed by atoms with E-state index >= 15 is 0 Å². The van der Waals surface area contributed by atoms with E-state index in [-0.39, 0.29) is 24.1 Å². The number of rotatable bonds is 4. The zero-order valence-corrected chi connectivity index (χ0v) is 13.0. The van der Waals surface area contributed by atoms with Crippen LogP contribution in [0.4, 0.5) is 18.9 Å². The van der Waals surface area contributed by atoms with Crippen LogP contribution in [0.3, 0.4) is 0 Å². The molecule has 0 unspecified atom stereocenters. The van der Waals surface area contributed by atoms with Crippen LogP contribution < -0.4 is 10.6 Å². The minimum atomic E-state index is -0.947. The molecule has 3 rings (SSSR count). The summed E-state index contributed by atoms with van der Waals surface area (Å²) in [6.07, 6.45) is 0.559. The molecule has 1 amide bonds. The number of amides is 1. The van der Waals surface area contributed by atoms with Crippen LogP contribution in [0, 0.1) is 17.5 Å². The SMILES string of the molecule is O=C(CCc1cccc(F)c1F)Nc1ccc2c(c1F)CCNC2. The molecule has 24 heavy (non-hydrogen) atoms. The number of carbonyl (C=O) groups excluding carboxylic acids is 1. The fourth-order valence-corrected chi connectivity index (χ4v) is 2.83. The molecule has 0 saturated carbocycles. The van der Waals surface area contributed by atoms with Gasteiger partial charge in [0.2, 0.25) is 5.91 Å². The van der Waals surface area contributed by atoms with E-state index in [1.165, 1.54) is 18.2 Å². The standard InChI is InChI=1S/C18H17F3N2O/c19-14-3-1-2-11(17(14)20)5-7-16(24)23-15-6-4-12-10-22-9-8-13(12)18(15)21/h1-4,6,22H,5,7-10H2,(H,23,24). The average Bonchev–Trinajstić information content (AvgIpc) is 2.59. The monoisotopic (exact) mass is 334 g/mol. The average molecular weight is 334 g/mol. The van der Waals surface area contributed by atoms with Crippen LogP contribution in [0.15, 0.2) is 30.3 Å². The summed E-state index contributed by atoms with van der Waals surface area (Å²) in [7, 11) is 0. The Hall–Kier alpha value is -2.34. The van der Waals surface area contributed by atoms with Crippen LogP contribution in [-0.4, -0.2) is 12.5 Å². The maximum absolute atomic E-state index is 14.4. The zero-order valence-electron chi connectivity index (χ0n) is 13.0. The van der Waals surface area contributed by atoms with Crippen LogP contribution in [0.25, 0.3) is 0 Å². The first-order valence-corrected chi connectivity index (χ1v) is 7.80. The third-order valence-corrected chi connectivity index (χ3v) is 4.13. The third kappa shape index (κ3) is 3.43. The lowest BCUT2D eigenvalue weighted by atomic mass is 9.99. The minimum absolute atomic E-state index is 0.0475. The van der Waals surface area contributed by atoms with Gasteiger partial charge in [-0.2, -0.15) is 0 Å². The molecule has 2 aromatic carbocycles. The Labute approximate surface area is 137 Å². The fraction of sp³-hybridized carbons (Fsp3) is 0.278. The highest BCUT2D eigenvalue weighted by atomic mass is 19.2. The molecule has 0 bridgehead atoms. The summed E-state index contributed by atoms with van der Waals surface area (Å²) in [6.45, 7) is 1.31. The van der Waals surface area contributed by atoms with Crippen LogP contribution in [0.2, 0.25) is 0 Å². The summed E-state index contributed by atoms with van der Waals surface area (Å²) in [6, 6.07) is 7.16. The summed E-state index contributed by atoms with van der Waals surface area (Å²) in [4.78, 5) is 12.0. The molecule has 2 N–H and O–H groups in total. The summed E-state index contributed by atoms with van der Waals surface area (Å²) in [5.74, 6) is -2.74. The third-order valence-electron chi connectivity index (χ3n) is 4.13. The molecule has 126 valence electrons. The predicted octanol–water partition coefficient (Wildman–Crippen LogP) is 3.32. The summed E-state index contributed by atoms with van der Waals surface area (Å²) >= 11 is 0. The lowest BCUT2D eigenvalue weighted by molar-refractivity contribution is -0.116. The van der Waals surface area contributed by atoms with Gasteiger partial charge in [0, 0.05) is 13.0 Å². The van der Waals surface area contributed by atoms with Gasteiger partial charge in [-0.25, -0.2) is 13.2 Å². The molecule has 2 aromatic rings. The Morgan fingerprint density at radius 2 is 1.96 bits per heavy atom. The number of nitrogens with one attached hydrogen (secondary N) is 2. The first-order chi connectivity index (χ1) is 11.6. The molecule has 0 aliphatic carbocycles. The van der Waals surface area contributed by atoms with E-state index in [0.717, 1.165) is 11.6 Å². The number of aryl methyl sites for hydroxylation is 1. The number of carbonyl (C=O) groups is 1. The van der Waals surface area contributed by atoms with Crippen molar-refractivity contribution in [3.05, 3.63) is 64.5 Å². The Morgan fingerprint density at radius 1 is 1.12 bits per heavy atom. The molecule has 0 aromatic heterocycles. The van der Waals surface area contributed by atoms with Gasteiger partial charge in [-0.1, -0.05) is 18.2 Å². The highest BCUT2D eigenvalue weighted by molar-refractivity contribution is 5.91. The quantitative estimate of drug-likeness (QED) is 0.901. The van der Waals surface area contributed by atoms with Crippen molar-refractivity contribution in [2.45, 2.75) is 25.8 Å². The van der Waals surface area contributed by atoms with Crippen molar-refractivity contribution < 1.29 is 18.0 Å². The van der Waals surface area contributed by atoms with Gasteiger partial charge in [0.15, 0.2) is 11.6 Å². The fourth-order valence-electron chi connectivity index (χ4n) is 2.83. The van der Waals surface area contributed by atoms with Crippen molar-refractivity contribution in [1.29, 1.82) is 0 Å². The van der Waals surface area contributed by atoms with Crippen molar-refractivity contribution in [1.82, 2.24) is 5.32 Å². The van der Waals surface area contributed by atoms with Gasteiger partial charge < -0.3 is 10.6 Å². The number of anilines is 1. The largest absolute Gasteiger partial charge is 0.324 e. The second kappa shape index (κ2) is 7.05. The number of halogens is 3. The number of fused-ring (bicyclic) bond motifs is 1. The summed E-state index contributed by atoms with van der Waals surface area (Å²) in [5, 5.41) is 5.67. The molecule has 6 heteroatoms. The Bertz CT molecular complexity index is 777. The molecule has 1 aliphatic heterocycles. The van der Waals surface area contributed by atoms with Gasteiger partial charge in [0.05, 0.1) is 5.69 Å². The number of hydrogen-bond donors (Lipinski definition) is 2. The Morgan fingerprint density at radius 3 is 2.79 bits per heavy atom. The van der Waals surface area contributed by atoms with Crippen LogP contribution >= 0.6 is 0 Å². The summed E-state index contributed by atoms with van der Waals surface area (Å²) in [5.41, 5.74) is 1.75. The molecular weight excluding hydrogens is 317 g/mol. The predicted molar refractivity (Wildman–Crippen MR) is 85.1 cm³/mol. The molecule has 1 heterocycles. The second-order valence-electron chi connectivity index (χ2n) is 5.75. The van der Waals surface area contributed by atoms with Gasteiger partial charge in [-0.3, -0.25) is 4.79 Å². The lowest BCUT2D eigenvalue weighted by Gasteiger charge is -2.19. The molecule has 0 saturated heterocycles. The van der Waals surface area contributed by atoms with E-state index in [9.17, 15) is 18.0 Å². The normalized spacial score (nSPS) is 13.5. The second-order valence-corrected chi connectivity index (χ2v) is 5.75. The van der Waals surface area contributed by atoms with E-state index < -0.39 is 23.4 Å². The van der Waals surface area contributed by atoms with E-state index in [0.29, 0.717) is 25.1 Å². The molecule has 0 radical (unpaired) electrons.